The first-order valence-corrected chi connectivity index (χ1v) is 9.49. The van der Waals surface area contributed by atoms with Gasteiger partial charge in [0.25, 0.3) is 0 Å². The predicted molar refractivity (Wildman–Crippen MR) is 106 cm³/mol. The SMILES string of the molecule is COc1ccc2oc(CNC[C@@H]3CC(=O)N(C)[C@H]3c3cnn(C)c3C)cc2c1. The maximum absolute atomic E-state index is 12.3. The fourth-order valence-corrected chi connectivity index (χ4v) is 4.07. The van der Waals surface area contributed by atoms with Crippen molar-refractivity contribution in [3.63, 3.8) is 0 Å². The smallest absolute Gasteiger partial charge is 0.223 e. The second kappa shape index (κ2) is 7.31. The summed E-state index contributed by atoms with van der Waals surface area (Å²) >= 11 is 0. The van der Waals surface area contributed by atoms with Crippen LogP contribution in [0.4, 0.5) is 0 Å². The van der Waals surface area contributed by atoms with E-state index in [9.17, 15) is 4.79 Å². The zero-order valence-corrected chi connectivity index (χ0v) is 16.7. The first kappa shape index (κ1) is 18.6. The van der Waals surface area contributed by atoms with Crippen LogP contribution in [0.2, 0.25) is 0 Å². The first-order valence-electron chi connectivity index (χ1n) is 9.49. The van der Waals surface area contributed by atoms with Gasteiger partial charge in [-0.1, -0.05) is 0 Å². The quantitative estimate of drug-likeness (QED) is 0.710. The number of aromatic nitrogens is 2. The normalized spacial score (nSPS) is 19.7. The van der Waals surface area contributed by atoms with E-state index >= 15 is 0 Å². The summed E-state index contributed by atoms with van der Waals surface area (Å²) in [5.41, 5.74) is 3.07. The Hall–Kier alpha value is -2.80. The average Bonchev–Trinajstić information content (AvgIpc) is 3.32. The minimum Gasteiger partial charge on any atom is -0.497 e. The van der Waals surface area contributed by atoms with Crippen LogP contribution < -0.4 is 10.1 Å². The molecule has 0 saturated carbocycles. The van der Waals surface area contributed by atoms with Gasteiger partial charge in [-0.15, -0.1) is 0 Å². The molecular formula is C21H26N4O3. The predicted octanol–water partition coefficient (Wildman–Crippen LogP) is 2.79. The number of benzene rings is 1. The lowest BCUT2D eigenvalue weighted by Gasteiger charge is -2.25. The van der Waals surface area contributed by atoms with Gasteiger partial charge < -0.3 is 19.4 Å². The van der Waals surface area contributed by atoms with E-state index in [4.69, 9.17) is 9.15 Å². The second-order valence-corrected chi connectivity index (χ2v) is 7.47. The molecule has 7 heteroatoms. The Bertz CT molecular complexity index is 1010. The van der Waals surface area contributed by atoms with Crippen LogP contribution in [0.25, 0.3) is 11.0 Å². The number of nitrogens with zero attached hydrogens (tertiary/aromatic N) is 3. The summed E-state index contributed by atoms with van der Waals surface area (Å²) in [5.74, 6) is 2.06. The van der Waals surface area contributed by atoms with Crippen LogP contribution in [-0.4, -0.2) is 41.3 Å². The van der Waals surface area contributed by atoms with Crippen molar-refractivity contribution < 1.29 is 13.9 Å². The maximum Gasteiger partial charge on any atom is 0.223 e. The number of carbonyl (C=O) groups is 1. The first-order chi connectivity index (χ1) is 13.5. The Balaban J connectivity index is 1.45. The van der Waals surface area contributed by atoms with Gasteiger partial charge in [0.1, 0.15) is 17.1 Å². The Kier molecular flexibility index (Phi) is 4.85. The van der Waals surface area contributed by atoms with Crippen molar-refractivity contribution in [3.8, 4) is 5.75 Å². The third kappa shape index (κ3) is 3.26. The summed E-state index contributed by atoms with van der Waals surface area (Å²) in [4.78, 5) is 14.2. The fourth-order valence-electron chi connectivity index (χ4n) is 4.07. The summed E-state index contributed by atoms with van der Waals surface area (Å²) in [5, 5.41) is 8.85. The minimum absolute atomic E-state index is 0.0497. The molecule has 2 aromatic heterocycles. The Labute approximate surface area is 164 Å². The second-order valence-electron chi connectivity index (χ2n) is 7.47. The summed E-state index contributed by atoms with van der Waals surface area (Å²) in [6.07, 6.45) is 2.43. The minimum atomic E-state index is 0.0497. The molecule has 1 N–H and O–H groups in total. The van der Waals surface area contributed by atoms with Gasteiger partial charge in [0.05, 0.1) is 25.9 Å². The van der Waals surface area contributed by atoms with E-state index in [1.165, 1.54) is 0 Å². The zero-order chi connectivity index (χ0) is 19.8. The lowest BCUT2D eigenvalue weighted by atomic mass is 9.94. The number of furan rings is 1. The van der Waals surface area contributed by atoms with Crippen molar-refractivity contribution in [2.45, 2.75) is 25.9 Å². The average molecular weight is 382 g/mol. The van der Waals surface area contributed by atoms with Gasteiger partial charge in [0.2, 0.25) is 5.91 Å². The zero-order valence-electron chi connectivity index (χ0n) is 16.7. The molecule has 0 radical (unpaired) electrons. The number of likely N-dealkylation sites (tertiary alicyclic amines) is 1. The number of hydrogen-bond donors (Lipinski definition) is 1. The molecule has 1 amide bonds. The number of ether oxygens (including phenoxy) is 1. The molecule has 4 rings (SSSR count). The van der Waals surface area contributed by atoms with E-state index in [-0.39, 0.29) is 17.9 Å². The Morgan fingerprint density at radius 2 is 2.14 bits per heavy atom. The van der Waals surface area contributed by atoms with Crippen LogP contribution in [0, 0.1) is 12.8 Å². The van der Waals surface area contributed by atoms with Crippen molar-refractivity contribution in [2.75, 3.05) is 20.7 Å². The van der Waals surface area contributed by atoms with Gasteiger partial charge in [-0.2, -0.15) is 5.10 Å². The maximum atomic E-state index is 12.3. The number of fused-ring (bicyclic) bond motifs is 1. The molecule has 7 nitrogen and oxygen atoms in total. The van der Waals surface area contributed by atoms with Crippen molar-refractivity contribution in [1.82, 2.24) is 20.0 Å². The molecule has 0 bridgehead atoms. The third-order valence-electron chi connectivity index (χ3n) is 5.77. The molecule has 3 heterocycles. The number of nitrogens with one attached hydrogen (secondary N) is 1. The molecule has 0 aliphatic carbocycles. The van der Waals surface area contributed by atoms with Gasteiger partial charge in [0, 0.05) is 49.6 Å². The fraction of sp³-hybridized carbons (Fsp3) is 0.429. The van der Waals surface area contributed by atoms with Crippen LogP contribution in [0.3, 0.4) is 0 Å². The number of carbonyl (C=O) groups excluding carboxylic acids is 1. The van der Waals surface area contributed by atoms with Crippen LogP contribution in [-0.2, 0) is 18.4 Å². The van der Waals surface area contributed by atoms with Gasteiger partial charge in [-0.25, -0.2) is 0 Å². The molecular weight excluding hydrogens is 356 g/mol. The molecule has 1 aromatic carbocycles. The molecule has 0 unspecified atom stereocenters. The van der Waals surface area contributed by atoms with Crippen LogP contribution in [0.15, 0.2) is 34.9 Å². The highest BCUT2D eigenvalue weighted by Crippen LogP contribution is 2.37. The van der Waals surface area contributed by atoms with E-state index in [2.05, 4.69) is 10.4 Å². The topological polar surface area (TPSA) is 72.5 Å². The molecule has 1 aliphatic heterocycles. The van der Waals surface area contributed by atoms with E-state index in [1.54, 1.807) is 7.11 Å². The molecule has 1 saturated heterocycles. The third-order valence-corrected chi connectivity index (χ3v) is 5.77. The van der Waals surface area contributed by atoms with Crippen molar-refractivity contribution >= 4 is 16.9 Å². The van der Waals surface area contributed by atoms with E-state index in [0.717, 1.165) is 40.3 Å². The van der Waals surface area contributed by atoms with Crippen molar-refractivity contribution in [2.24, 2.45) is 13.0 Å². The Morgan fingerprint density at radius 1 is 1.32 bits per heavy atom. The van der Waals surface area contributed by atoms with E-state index in [0.29, 0.717) is 13.0 Å². The summed E-state index contributed by atoms with van der Waals surface area (Å²) in [6.45, 7) is 3.39. The van der Waals surface area contributed by atoms with E-state index in [1.807, 2.05) is 61.1 Å². The van der Waals surface area contributed by atoms with Gasteiger partial charge in [-0.05, 0) is 31.2 Å². The highest BCUT2D eigenvalue weighted by atomic mass is 16.5. The van der Waals surface area contributed by atoms with Crippen molar-refractivity contribution in [3.05, 3.63) is 47.5 Å². The van der Waals surface area contributed by atoms with Gasteiger partial charge >= 0.3 is 0 Å². The molecule has 2 atom stereocenters. The van der Waals surface area contributed by atoms with Crippen LogP contribution in [0.1, 0.15) is 29.5 Å². The molecule has 148 valence electrons. The standard InChI is InChI=1S/C21H26N4O3/c1-13-18(12-23-25(13)3)21-15(9-20(26)24(21)2)10-22-11-17-8-14-7-16(27-4)5-6-19(14)28-17/h5-8,12,15,21-22H,9-11H2,1-4H3/t15-,21+/m0/s1. The van der Waals surface area contributed by atoms with Crippen LogP contribution >= 0.6 is 0 Å². The molecule has 1 aliphatic rings. The largest absolute Gasteiger partial charge is 0.497 e. The number of hydrogen-bond acceptors (Lipinski definition) is 5. The number of methoxy groups -OCH3 is 1. The van der Waals surface area contributed by atoms with E-state index < -0.39 is 0 Å². The molecule has 3 aromatic rings. The number of amides is 1. The lowest BCUT2D eigenvalue weighted by Crippen LogP contribution is -2.29. The highest BCUT2D eigenvalue weighted by molar-refractivity contribution is 5.80. The summed E-state index contributed by atoms with van der Waals surface area (Å²) in [6, 6.07) is 7.86. The number of aryl methyl sites for hydroxylation is 1. The van der Waals surface area contributed by atoms with Gasteiger partial charge in [0.15, 0.2) is 0 Å². The lowest BCUT2D eigenvalue weighted by molar-refractivity contribution is -0.127. The highest BCUT2D eigenvalue weighted by Gasteiger charge is 2.39. The molecule has 28 heavy (non-hydrogen) atoms. The number of rotatable bonds is 6. The summed E-state index contributed by atoms with van der Waals surface area (Å²) in [7, 11) is 5.47. The summed E-state index contributed by atoms with van der Waals surface area (Å²) < 4.78 is 13.0. The monoisotopic (exact) mass is 382 g/mol. The molecule has 1 fully saturated rings. The van der Waals surface area contributed by atoms with Gasteiger partial charge in [-0.3, -0.25) is 9.48 Å². The van der Waals surface area contributed by atoms with Crippen LogP contribution in [0.5, 0.6) is 5.75 Å². The van der Waals surface area contributed by atoms with Crippen molar-refractivity contribution in [1.29, 1.82) is 0 Å². The molecule has 0 spiro atoms. The Morgan fingerprint density at radius 3 is 2.86 bits per heavy atom.